The summed E-state index contributed by atoms with van der Waals surface area (Å²) in [6, 6.07) is -0.772. The van der Waals surface area contributed by atoms with E-state index in [0.29, 0.717) is 5.01 Å². The third kappa shape index (κ3) is 4.75. The monoisotopic (exact) mass is 300 g/mol. The van der Waals surface area contributed by atoms with Crippen molar-refractivity contribution >= 4 is 27.7 Å². The van der Waals surface area contributed by atoms with Crippen LogP contribution in [0.2, 0.25) is 0 Å². The zero-order chi connectivity index (χ0) is 14.3. The predicted molar refractivity (Wildman–Crippen MR) is 68.7 cm³/mol. The lowest BCUT2D eigenvalue weighted by molar-refractivity contribution is 0.202. The summed E-state index contributed by atoms with van der Waals surface area (Å²) in [5.41, 5.74) is 0. The van der Waals surface area contributed by atoms with Crippen LogP contribution in [0.15, 0.2) is 5.29 Å². The number of halogens is 1. The highest BCUT2D eigenvalue weighted by Crippen LogP contribution is 2.03. The molecule has 1 unspecified atom stereocenters. The molecule has 0 heterocycles. The Labute approximate surface area is 111 Å². The van der Waals surface area contributed by atoms with E-state index in [0.717, 1.165) is 4.31 Å². The van der Waals surface area contributed by atoms with E-state index >= 15 is 0 Å². The quantitative estimate of drug-likeness (QED) is 0.412. The molecular weight excluding hydrogens is 284 g/mol. The summed E-state index contributed by atoms with van der Waals surface area (Å²) >= 11 is 5.37. The number of carbonyl (C=O) groups is 1. The van der Waals surface area contributed by atoms with Gasteiger partial charge in [0, 0.05) is 26.5 Å². The summed E-state index contributed by atoms with van der Waals surface area (Å²) < 4.78 is 24.4. The summed E-state index contributed by atoms with van der Waals surface area (Å²) in [5, 5.41) is 4.58. The molecule has 106 valence electrons. The molecule has 18 heavy (non-hydrogen) atoms. The Kier molecular flexibility index (Phi) is 7.11. The second kappa shape index (κ2) is 7.49. The maximum atomic E-state index is 11.7. The SMILES string of the molecule is CC(CNC(=O)N(CCCl)N=O)S(=O)(=O)N(C)C. The molecule has 8 nitrogen and oxygen atoms in total. The fourth-order valence-corrected chi connectivity index (χ4v) is 2.22. The lowest BCUT2D eigenvalue weighted by Crippen LogP contribution is -2.44. The molecule has 0 aromatic heterocycles. The first-order chi connectivity index (χ1) is 8.27. The molecule has 10 heteroatoms. The number of nitroso groups, excluding NO2 is 1. The summed E-state index contributed by atoms with van der Waals surface area (Å²) in [6.07, 6.45) is 0. The van der Waals surface area contributed by atoms with Gasteiger partial charge in [-0.2, -0.15) is 5.01 Å². The number of hydrogen-bond donors (Lipinski definition) is 1. The average Bonchev–Trinajstić information content (AvgIpc) is 2.31. The van der Waals surface area contributed by atoms with E-state index in [1.165, 1.54) is 21.0 Å². The van der Waals surface area contributed by atoms with Crippen LogP contribution in [0, 0.1) is 4.91 Å². The van der Waals surface area contributed by atoms with Crippen LogP contribution in [0.4, 0.5) is 4.79 Å². The smallest absolute Gasteiger partial charge is 0.335 e. The number of carbonyl (C=O) groups excluding carboxylic acids is 1. The van der Waals surface area contributed by atoms with Gasteiger partial charge in [-0.05, 0) is 6.92 Å². The van der Waals surface area contributed by atoms with Crippen molar-refractivity contribution in [1.82, 2.24) is 14.6 Å². The van der Waals surface area contributed by atoms with Crippen LogP contribution in [0.3, 0.4) is 0 Å². The van der Waals surface area contributed by atoms with Crippen LogP contribution >= 0.6 is 11.6 Å². The number of urea groups is 1. The first-order valence-electron chi connectivity index (χ1n) is 5.13. The number of hydrogen-bond acceptors (Lipinski definition) is 5. The summed E-state index contributed by atoms with van der Waals surface area (Å²) in [6.45, 7) is 1.30. The largest absolute Gasteiger partial charge is 0.340 e. The Morgan fingerprint density at radius 3 is 2.39 bits per heavy atom. The fraction of sp³-hybridized carbons (Fsp3) is 0.875. The minimum Gasteiger partial charge on any atom is -0.335 e. The summed E-state index contributed by atoms with van der Waals surface area (Å²) in [7, 11) is -0.646. The molecule has 0 aromatic carbocycles. The number of amides is 2. The maximum Gasteiger partial charge on any atom is 0.340 e. The van der Waals surface area contributed by atoms with Crippen molar-refractivity contribution in [3.8, 4) is 0 Å². The van der Waals surface area contributed by atoms with Gasteiger partial charge >= 0.3 is 6.03 Å². The predicted octanol–water partition coefficient (Wildman–Crippen LogP) is 0.198. The van der Waals surface area contributed by atoms with Gasteiger partial charge in [0.05, 0.1) is 17.1 Å². The molecule has 0 aliphatic rings. The molecule has 0 aromatic rings. The molecule has 0 radical (unpaired) electrons. The van der Waals surface area contributed by atoms with Crippen LogP contribution in [-0.2, 0) is 10.0 Å². The normalized spacial score (nSPS) is 13.2. The van der Waals surface area contributed by atoms with Crippen molar-refractivity contribution in [2.45, 2.75) is 12.2 Å². The van der Waals surface area contributed by atoms with Crippen molar-refractivity contribution in [1.29, 1.82) is 0 Å². The van der Waals surface area contributed by atoms with E-state index in [4.69, 9.17) is 11.6 Å². The highest BCUT2D eigenvalue weighted by atomic mass is 35.5. The molecule has 0 rings (SSSR count). The molecular formula is C8H17ClN4O4S. The van der Waals surface area contributed by atoms with Gasteiger partial charge in [-0.25, -0.2) is 17.5 Å². The van der Waals surface area contributed by atoms with E-state index < -0.39 is 21.3 Å². The minimum absolute atomic E-state index is 0.0360. The Morgan fingerprint density at radius 1 is 1.44 bits per heavy atom. The molecule has 1 N–H and O–H groups in total. The molecule has 0 fully saturated rings. The van der Waals surface area contributed by atoms with Gasteiger partial charge in [-0.15, -0.1) is 16.5 Å². The van der Waals surface area contributed by atoms with Gasteiger partial charge in [0.25, 0.3) is 0 Å². The second-order valence-corrected chi connectivity index (χ2v) is 6.66. The van der Waals surface area contributed by atoms with E-state index in [1.807, 2.05) is 0 Å². The topological polar surface area (TPSA) is 99.1 Å². The number of nitrogens with zero attached hydrogens (tertiary/aromatic N) is 3. The van der Waals surface area contributed by atoms with Crippen molar-refractivity contribution in [2.75, 3.05) is 33.1 Å². The van der Waals surface area contributed by atoms with Crippen LogP contribution < -0.4 is 5.32 Å². The van der Waals surface area contributed by atoms with Gasteiger partial charge in [-0.1, -0.05) is 0 Å². The Balaban J connectivity index is 4.41. The van der Waals surface area contributed by atoms with Crippen molar-refractivity contribution in [3.05, 3.63) is 4.91 Å². The number of nitrogens with one attached hydrogen (secondary N) is 1. The number of alkyl halides is 1. The average molecular weight is 301 g/mol. The van der Waals surface area contributed by atoms with Gasteiger partial charge in [0.2, 0.25) is 10.0 Å². The molecule has 0 aliphatic carbocycles. The third-order valence-corrected chi connectivity index (χ3v) is 4.56. The Bertz CT molecular complexity index is 387. The number of rotatable bonds is 7. The second-order valence-electron chi connectivity index (χ2n) is 3.72. The molecule has 0 aliphatic heterocycles. The van der Waals surface area contributed by atoms with E-state index in [2.05, 4.69) is 10.6 Å². The maximum absolute atomic E-state index is 11.7. The van der Waals surface area contributed by atoms with Gasteiger partial charge in [-0.3, -0.25) is 0 Å². The van der Waals surface area contributed by atoms with Crippen molar-refractivity contribution in [3.63, 3.8) is 0 Å². The van der Waals surface area contributed by atoms with Crippen LogP contribution in [0.1, 0.15) is 6.92 Å². The molecule has 0 spiro atoms. The molecule has 2 amide bonds. The number of sulfonamides is 1. The zero-order valence-corrected chi connectivity index (χ0v) is 12.0. The summed E-state index contributed by atoms with van der Waals surface area (Å²) in [5.74, 6) is 0.0602. The fourth-order valence-electron chi connectivity index (χ4n) is 1.05. The standard InChI is InChI=1S/C8H17ClN4O4S/c1-7(18(16,17)12(2)3)6-10-8(14)13(11-15)5-4-9/h7H,4-6H2,1-3H3,(H,10,14). The minimum atomic E-state index is -3.45. The highest BCUT2D eigenvalue weighted by Gasteiger charge is 2.24. The molecule has 0 bridgehead atoms. The lowest BCUT2D eigenvalue weighted by Gasteiger charge is -2.19. The van der Waals surface area contributed by atoms with Crippen LogP contribution in [-0.4, -0.2) is 62.1 Å². The van der Waals surface area contributed by atoms with E-state index in [-0.39, 0.29) is 19.0 Å². The van der Waals surface area contributed by atoms with Crippen molar-refractivity contribution in [2.24, 2.45) is 5.29 Å². The van der Waals surface area contributed by atoms with Gasteiger partial charge in [0.1, 0.15) is 0 Å². The van der Waals surface area contributed by atoms with Gasteiger partial charge in [0.15, 0.2) is 0 Å². The summed E-state index contributed by atoms with van der Waals surface area (Å²) in [4.78, 5) is 21.7. The van der Waals surface area contributed by atoms with Gasteiger partial charge < -0.3 is 5.32 Å². The molecule has 0 saturated carbocycles. The first kappa shape index (κ1) is 17.1. The Morgan fingerprint density at radius 2 is 2.00 bits per heavy atom. The van der Waals surface area contributed by atoms with Crippen molar-refractivity contribution < 1.29 is 13.2 Å². The third-order valence-electron chi connectivity index (χ3n) is 2.19. The lowest BCUT2D eigenvalue weighted by atomic mass is 10.5. The van der Waals surface area contributed by atoms with E-state index in [1.54, 1.807) is 0 Å². The molecule has 1 atom stereocenters. The zero-order valence-electron chi connectivity index (χ0n) is 10.5. The molecule has 0 saturated heterocycles. The van der Waals surface area contributed by atoms with Crippen LogP contribution in [0.5, 0.6) is 0 Å². The Hall–Kier alpha value is -0.930. The van der Waals surface area contributed by atoms with Crippen LogP contribution in [0.25, 0.3) is 0 Å². The first-order valence-corrected chi connectivity index (χ1v) is 7.17. The highest BCUT2D eigenvalue weighted by molar-refractivity contribution is 7.89. The van der Waals surface area contributed by atoms with E-state index in [9.17, 15) is 18.1 Å².